The lowest BCUT2D eigenvalue weighted by atomic mass is 9.69. The number of likely N-dealkylation sites (tertiary alicyclic amines) is 1. The molecule has 192 valence electrons. The number of anilines is 1. The van der Waals surface area contributed by atoms with Crippen molar-refractivity contribution < 1.29 is 14.3 Å². The van der Waals surface area contributed by atoms with Crippen LogP contribution in [0.3, 0.4) is 0 Å². The number of amides is 2. The van der Waals surface area contributed by atoms with Gasteiger partial charge in [0.2, 0.25) is 11.8 Å². The van der Waals surface area contributed by atoms with E-state index in [1.165, 1.54) is 38.8 Å². The molecule has 1 aromatic carbocycles. The molecule has 4 saturated heterocycles. The molecule has 35 heavy (non-hydrogen) atoms. The summed E-state index contributed by atoms with van der Waals surface area (Å²) in [6.45, 7) is 8.33. The number of piperazine rings is 1. The lowest BCUT2D eigenvalue weighted by molar-refractivity contribution is -0.144. The summed E-state index contributed by atoms with van der Waals surface area (Å²) in [6, 6.07) is 9.09. The fraction of sp³-hybridized carbons (Fsp3) is 0.714. The van der Waals surface area contributed by atoms with Gasteiger partial charge in [0.15, 0.2) is 0 Å². The van der Waals surface area contributed by atoms with E-state index in [0.29, 0.717) is 30.3 Å². The van der Waals surface area contributed by atoms with Gasteiger partial charge in [0.1, 0.15) is 5.75 Å². The number of carbonyl (C=O) groups excluding carboxylic acids is 2. The van der Waals surface area contributed by atoms with Crippen LogP contribution in [-0.2, 0) is 9.59 Å². The molecule has 0 aliphatic carbocycles. The zero-order valence-electron chi connectivity index (χ0n) is 21.5. The lowest BCUT2D eigenvalue weighted by Crippen LogP contribution is -2.65. The zero-order chi connectivity index (χ0) is 24.4. The van der Waals surface area contributed by atoms with E-state index in [9.17, 15) is 9.59 Å². The van der Waals surface area contributed by atoms with Crippen LogP contribution in [0.25, 0.3) is 0 Å². The maximum atomic E-state index is 13.0. The molecule has 0 N–H and O–H groups in total. The minimum Gasteiger partial charge on any atom is -0.497 e. The Morgan fingerprint density at radius 3 is 2.54 bits per heavy atom. The summed E-state index contributed by atoms with van der Waals surface area (Å²) in [7, 11) is 1.69. The summed E-state index contributed by atoms with van der Waals surface area (Å²) in [4.78, 5) is 34.9. The molecule has 4 heterocycles. The molecule has 4 aliphatic heterocycles. The van der Waals surface area contributed by atoms with Gasteiger partial charge in [-0.3, -0.25) is 14.5 Å². The molecule has 4 fully saturated rings. The maximum absolute atomic E-state index is 13.0. The molecule has 7 heteroatoms. The molecule has 0 bridgehead atoms. The second kappa shape index (κ2) is 10.8. The molecular weight excluding hydrogens is 440 g/mol. The number of benzene rings is 1. The van der Waals surface area contributed by atoms with Gasteiger partial charge in [-0.15, -0.1) is 0 Å². The van der Waals surface area contributed by atoms with Crippen LogP contribution < -0.4 is 9.64 Å². The minimum absolute atomic E-state index is 0.219. The molecule has 0 saturated carbocycles. The molecule has 5 rings (SSSR count). The molecule has 7 nitrogen and oxygen atoms in total. The van der Waals surface area contributed by atoms with Crippen molar-refractivity contribution in [2.75, 3.05) is 57.8 Å². The normalized spacial score (nSPS) is 29.0. The Bertz CT molecular complexity index is 898. The largest absolute Gasteiger partial charge is 0.497 e. The Kier molecular flexibility index (Phi) is 7.51. The molecule has 0 spiro atoms. The summed E-state index contributed by atoms with van der Waals surface area (Å²) in [5, 5.41) is 0. The maximum Gasteiger partial charge on any atom is 0.222 e. The van der Waals surface area contributed by atoms with Crippen LogP contribution in [0.2, 0.25) is 0 Å². The molecule has 0 radical (unpaired) electrons. The van der Waals surface area contributed by atoms with Crippen LogP contribution >= 0.6 is 0 Å². The second-order valence-electron chi connectivity index (χ2n) is 10.9. The van der Waals surface area contributed by atoms with E-state index in [-0.39, 0.29) is 11.8 Å². The molecule has 2 amide bonds. The highest BCUT2D eigenvalue weighted by atomic mass is 16.5. The second-order valence-corrected chi connectivity index (χ2v) is 10.9. The standard InChI is InChI=1S/C28H42N4O3/c1-21(33)32-20-22-7-5-13-31-14-6-10-25(28(22)31)26(32)11-4-12-27(34)30-17-15-29(16-18-30)23-8-3-9-24(19-23)35-2/h3,8-9,19,22,25-26,28H,4-7,10-18,20H2,1-2H3/t22-,25+,26+,28-/m0/s1. The highest BCUT2D eigenvalue weighted by Crippen LogP contribution is 2.43. The van der Waals surface area contributed by atoms with Crippen molar-refractivity contribution in [1.82, 2.24) is 14.7 Å². The number of piperidine rings is 3. The van der Waals surface area contributed by atoms with E-state index >= 15 is 0 Å². The summed E-state index contributed by atoms with van der Waals surface area (Å²) in [6.07, 6.45) is 7.41. The first-order valence-electron chi connectivity index (χ1n) is 13.7. The fourth-order valence-electron chi connectivity index (χ4n) is 7.37. The molecule has 0 unspecified atom stereocenters. The Morgan fingerprint density at radius 1 is 1.03 bits per heavy atom. The summed E-state index contributed by atoms with van der Waals surface area (Å²) < 4.78 is 5.36. The van der Waals surface area contributed by atoms with Crippen LogP contribution in [-0.4, -0.2) is 91.5 Å². The van der Waals surface area contributed by atoms with Crippen molar-refractivity contribution in [2.24, 2.45) is 11.8 Å². The number of methoxy groups -OCH3 is 1. The fourth-order valence-corrected chi connectivity index (χ4v) is 7.37. The Balaban J connectivity index is 1.14. The van der Waals surface area contributed by atoms with Crippen LogP contribution in [0.1, 0.15) is 51.9 Å². The van der Waals surface area contributed by atoms with Crippen molar-refractivity contribution in [1.29, 1.82) is 0 Å². The van der Waals surface area contributed by atoms with Gasteiger partial charge in [0.25, 0.3) is 0 Å². The van der Waals surface area contributed by atoms with Crippen LogP contribution in [0.15, 0.2) is 24.3 Å². The third-order valence-electron chi connectivity index (χ3n) is 9.02. The van der Waals surface area contributed by atoms with Gasteiger partial charge in [-0.25, -0.2) is 0 Å². The molecule has 0 aromatic heterocycles. The molecule has 4 aliphatic rings. The van der Waals surface area contributed by atoms with Gasteiger partial charge >= 0.3 is 0 Å². The highest BCUT2D eigenvalue weighted by Gasteiger charge is 2.48. The lowest BCUT2D eigenvalue weighted by Gasteiger charge is -2.57. The van der Waals surface area contributed by atoms with E-state index in [1.54, 1.807) is 14.0 Å². The van der Waals surface area contributed by atoms with Crippen molar-refractivity contribution >= 4 is 17.5 Å². The molecule has 1 aromatic rings. The van der Waals surface area contributed by atoms with Gasteiger partial charge < -0.3 is 19.4 Å². The van der Waals surface area contributed by atoms with Gasteiger partial charge in [-0.2, -0.15) is 0 Å². The number of carbonyl (C=O) groups is 2. The highest BCUT2D eigenvalue weighted by molar-refractivity contribution is 5.76. The van der Waals surface area contributed by atoms with Crippen molar-refractivity contribution in [3.8, 4) is 5.75 Å². The third-order valence-corrected chi connectivity index (χ3v) is 9.02. The number of nitrogens with zero attached hydrogens (tertiary/aromatic N) is 4. The number of hydrogen-bond donors (Lipinski definition) is 0. The Morgan fingerprint density at radius 2 is 1.80 bits per heavy atom. The predicted octanol–water partition coefficient (Wildman–Crippen LogP) is 3.24. The third kappa shape index (κ3) is 5.16. The minimum atomic E-state index is 0.219. The monoisotopic (exact) mass is 482 g/mol. The topological polar surface area (TPSA) is 56.3 Å². The number of hydrogen-bond acceptors (Lipinski definition) is 5. The smallest absolute Gasteiger partial charge is 0.222 e. The molecular formula is C28H42N4O3. The van der Waals surface area contributed by atoms with Crippen LogP contribution in [0, 0.1) is 11.8 Å². The Hall–Kier alpha value is -2.28. The number of rotatable bonds is 6. The number of ether oxygens (including phenoxy) is 1. The average molecular weight is 483 g/mol. The zero-order valence-corrected chi connectivity index (χ0v) is 21.5. The quantitative estimate of drug-likeness (QED) is 0.623. The first-order chi connectivity index (χ1) is 17.0. The van der Waals surface area contributed by atoms with E-state index in [2.05, 4.69) is 26.8 Å². The van der Waals surface area contributed by atoms with Gasteiger partial charge in [0, 0.05) is 69.9 Å². The van der Waals surface area contributed by atoms with E-state index in [4.69, 9.17) is 4.74 Å². The van der Waals surface area contributed by atoms with Gasteiger partial charge in [0.05, 0.1) is 7.11 Å². The molecule has 4 atom stereocenters. The predicted molar refractivity (Wildman–Crippen MR) is 138 cm³/mol. The summed E-state index contributed by atoms with van der Waals surface area (Å²) >= 11 is 0. The summed E-state index contributed by atoms with van der Waals surface area (Å²) in [5.41, 5.74) is 1.15. The van der Waals surface area contributed by atoms with E-state index in [1.807, 2.05) is 17.0 Å². The van der Waals surface area contributed by atoms with Gasteiger partial charge in [-0.1, -0.05) is 6.07 Å². The SMILES string of the molecule is COc1cccc(N2CCN(C(=O)CCC[C@@H]3[C@H]4CCCN5CCC[C@@H](CN3C(C)=O)[C@@H]45)CC2)c1. The average Bonchev–Trinajstić information content (AvgIpc) is 2.90. The Labute approximate surface area is 210 Å². The van der Waals surface area contributed by atoms with Crippen LogP contribution in [0.5, 0.6) is 5.75 Å². The van der Waals surface area contributed by atoms with Crippen molar-refractivity contribution in [3.05, 3.63) is 24.3 Å². The van der Waals surface area contributed by atoms with Crippen LogP contribution in [0.4, 0.5) is 5.69 Å². The van der Waals surface area contributed by atoms with E-state index < -0.39 is 0 Å². The first kappa shape index (κ1) is 24.4. The van der Waals surface area contributed by atoms with Crippen molar-refractivity contribution in [3.63, 3.8) is 0 Å². The summed E-state index contributed by atoms with van der Waals surface area (Å²) in [5.74, 6) is 2.56. The first-order valence-corrected chi connectivity index (χ1v) is 13.7. The van der Waals surface area contributed by atoms with E-state index in [0.717, 1.165) is 57.0 Å². The van der Waals surface area contributed by atoms with Gasteiger partial charge in [-0.05, 0) is 75.6 Å². The van der Waals surface area contributed by atoms with Crippen molar-refractivity contribution in [2.45, 2.75) is 64.0 Å².